The van der Waals surface area contributed by atoms with E-state index in [2.05, 4.69) is 12.2 Å². The molecule has 1 aliphatic carbocycles. The summed E-state index contributed by atoms with van der Waals surface area (Å²) in [4.78, 5) is 25.9. The summed E-state index contributed by atoms with van der Waals surface area (Å²) < 4.78 is 16.7. The Morgan fingerprint density at radius 1 is 1.37 bits per heavy atom. The zero-order chi connectivity index (χ0) is 18.4. The highest BCUT2D eigenvalue weighted by Crippen LogP contribution is 2.38. The average Bonchev–Trinajstić information content (AvgIpc) is 3.47. The quantitative estimate of drug-likeness (QED) is 0.841. The fourth-order valence-corrected chi connectivity index (χ4v) is 3.73. The Kier molecular flexibility index (Phi) is 5.21. The molecule has 0 bridgehead atoms. The van der Waals surface area contributed by atoms with Gasteiger partial charge in [0.1, 0.15) is 11.4 Å². The molecule has 146 valence electrons. The van der Waals surface area contributed by atoms with Gasteiger partial charge in [0.2, 0.25) is 5.43 Å². The van der Waals surface area contributed by atoms with E-state index in [1.54, 1.807) is 6.07 Å². The van der Waals surface area contributed by atoms with Gasteiger partial charge in [0.25, 0.3) is 0 Å². The summed E-state index contributed by atoms with van der Waals surface area (Å²) in [5, 5.41) is 12.9. The molecule has 2 aliphatic rings. The zero-order valence-electron chi connectivity index (χ0n) is 15.2. The fraction of sp³-hybridized carbons (Fsp3) is 0.474. The Morgan fingerprint density at radius 3 is 2.74 bits per heavy atom. The summed E-state index contributed by atoms with van der Waals surface area (Å²) in [7, 11) is 0. The van der Waals surface area contributed by atoms with Crippen molar-refractivity contribution in [3.63, 3.8) is 0 Å². The third kappa shape index (κ3) is 3.42. The number of hydrogen-bond donors (Lipinski definition) is 2. The van der Waals surface area contributed by atoms with Gasteiger partial charge < -0.3 is 25.4 Å². The van der Waals surface area contributed by atoms with Gasteiger partial charge >= 0.3 is 5.97 Å². The van der Waals surface area contributed by atoms with Gasteiger partial charge in [0, 0.05) is 43.3 Å². The van der Waals surface area contributed by atoms with Crippen molar-refractivity contribution in [2.24, 2.45) is 0 Å². The van der Waals surface area contributed by atoms with Gasteiger partial charge in [-0.1, -0.05) is 6.92 Å². The normalized spacial score (nSPS) is 19.8. The standard InChI is InChI=1S/C19H22FN3O3.H2O/c1-2-11-9-22(6-5-21-11)17-8-16-13(7-15(17)20)18(24)14(19(25)26)10-23(16)12-3-4-12;/h7-8,10-12,21H,2-6,9H2,1H3,(H,25,26);1H2. The van der Waals surface area contributed by atoms with Gasteiger partial charge in [-0.25, -0.2) is 9.18 Å². The zero-order valence-corrected chi connectivity index (χ0v) is 15.2. The second-order valence-corrected chi connectivity index (χ2v) is 7.14. The highest BCUT2D eigenvalue weighted by molar-refractivity contribution is 5.93. The Hall–Kier alpha value is -2.45. The minimum atomic E-state index is -1.27. The molecule has 7 nitrogen and oxygen atoms in total. The number of benzene rings is 1. The van der Waals surface area contributed by atoms with E-state index in [-0.39, 0.29) is 22.5 Å². The van der Waals surface area contributed by atoms with Crippen molar-refractivity contribution >= 4 is 22.6 Å². The topological polar surface area (TPSA) is 106 Å². The number of piperazine rings is 1. The Labute approximate surface area is 155 Å². The second kappa shape index (κ2) is 7.28. The minimum Gasteiger partial charge on any atom is -0.477 e. The molecule has 1 aromatic heterocycles. The van der Waals surface area contributed by atoms with Crippen molar-refractivity contribution in [1.82, 2.24) is 9.88 Å². The van der Waals surface area contributed by atoms with Crippen LogP contribution in [0.1, 0.15) is 42.6 Å². The summed E-state index contributed by atoms with van der Waals surface area (Å²) in [6.45, 7) is 4.28. The van der Waals surface area contributed by atoms with Crippen LogP contribution >= 0.6 is 0 Å². The third-order valence-electron chi connectivity index (χ3n) is 5.36. The second-order valence-electron chi connectivity index (χ2n) is 7.14. The number of aromatic nitrogens is 1. The number of rotatable bonds is 4. The molecule has 4 rings (SSSR count). The molecule has 1 unspecified atom stereocenters. The summed E-state index contributed by atoms with van der Waals surface area (Å²) in [5.74, 6) is -1.75. The predicted octanol–water partition coefficient (Wildman–Crippen LogP) is 1.54. The summed E-state index contributed by atoms with van der Waals surface area (Å²) in [6, 6.07) is 3.41. The number of hydrogen-bond acceptors (Lipinski definition) is 4. The largest absolute Gasteiger partial charge is 0.477 e. The molecule has 2 heterocycles. The molecule has 0 amide bonds. The number of fused-ring (bicyclic) bond motifs is 1. The third-order valence-corrected chi connectivity index (χ3v) is 5.36. The van der Waals surface area contributed by atoms with Gasteiger partial charge in [-0.3, -0.25) is 4.79 Å². The van der Waals surface area contributed by atoms with Crippen LogP contribution in [0.4, 0.5) is 10.1 Å². The lowest BCUT2D eigenvalue weighted by molar-refractivity contribution is 0.0695. The van der Waals surface area contributed by atoms with Crippen molar-refractivity contribution in [2.45, 2.75) is 38.3 Å². The first-order valence-electron chi connectivity index (χ1n) is 9.09. The highest BCUT2D eigenvalue weighted by atomic mass is 19.1. The first-order valence-corrected chi connectivity index (χ1v) is 9.09. The Morgan fingerprint density at radius 2 is 2.11 bits per heavy atom. The first-order chi connectivity index (χ1) is 12.5. The van der Waals surface area contributed by atoms with E-state index >= 15 is 0 Å². The van der Waals surface area contributed by atoms with Gasteiger partial charge in [0.15, 0.2) is 0 Å². The number of carbonyl (C=O) groups is 1. The number of anilines is 1. The van der Waals surface area contributed by atoms with E-state index in [0.717, 1.165) is 25.8 Å². The summed E-state index contributed by atoms with van der Waals surface area (Å²) in [6.07, 6.45) is 4.25. The first kappa shape index (κ1) is 19.3. The van der Waals surface area contributed by atoms with E-state index in [1.807, 2.05) is 9.47 Å². The van der Waals surface area contributed by atoms with Gasteiger partial charge in [-0.05, 0) is 31.4 Å². The molecule has 1 atom stereocenters. The molecule has 1 saturated heterocycles. The molecule has 1 aliphatic heterocycles. The molecule has 8 heteroatoms. The van der Waals surface area contributed by atoms with E-state index in [4.69, 9.17) is 0 Å². The molecule has 0 spiro atoms. The molecule has 27 heavy (non-hydrogen) atoms. The van der Waals surface area contributed by atoms with E-state index in [1.165, 1.54) is 12.3 Å². The highest BCUT2D eigenvalue weighted by Gasteiger charge is 2.28. The van der Waals surface area contributed by atoms with Crippen LogP contribution in [-0.4, -0.2) is 46.8 Å². The van der Waals surface area contributed by atoms with Gasteiger partial charge in [0.05, 0.1) is 11.2 Å². The number of carboxylic acid groups (broad SMARTS) is 1. The lowest BCUT2D eigenvalue weighted by Gasteiger charge is -2.35. The number of aromatic carboxylic acids is 1. The number of carboxylic acids is 1. The van der Waals surface area contributed by atoms with E-state index < -0.39 is 17.2 Å². The lowest BCUT2D eigenvalue weighted by Crippen LogP contribution is -2.50. The molecule has 1 saturated carbocycles. The van der Waals surface area contributed by atoms with Crippen LogP contribution in [0.25, 0.3) is 10.9 Å². The molecular formula is C19H24FN3O4. The van der Waals surface area contributed by atoms with Crippen LogP contribution in [0.15, 0.2) is 23.1 Å². The summed E-state index contributed by atoms with van der Waals surface area (Å²) in [5.41, 5.74) is 0.172. The summed E-state index contributed by atoms with van der Waals surface area (Å²) >= 11 is 0. The lowest BCUT2D eigenvalue weighted by atomic mass is 10.1. The van der Waals surface area contributed by atoms with E-state index in [9.17, 15) is 19.1 Å². The molecule has 4 N–H and O–H groups in total. The molecule has 2 fully saturated rings. The smallest absolute Gasteiger partial charge is 0.341 e. The number of nitrogens with one attached hydrogen (secondary N) is 1. The maximum absolute atomic E-state index is 14.8. The van der Waals surface area contributed by atoms with Crippen LogP contribution < -0.4 is 15.6 Å². The molecule has 2 aromatic rings. The van der Waals surface area contributed by atoms with Gasteiger partial charge in [-0.2, -0.15) is 0 Å². The SMILES string of the molecule is CCC1CN(c2cc3c(cc2F)c(=O)c(C(=O)O)cn3C2CC2)CCN1.O. The van der Waals surface area contributed by atoms with Crippen molar-refractivity contribution in [2.75, 3.05) is 24.5 Å². The predicted molar refractivity (Wildman–Crippen MR) is 101 cm³/mol. The average molecular weight is 377 g/mol. The van der Waals surface area contributed by atoms with Crippen LogP contribution in [0.2, 0.25) is 0 Å². The van der Waals surface area contributed by atoms with Crippen molar-refractivity contribution < 1.29 is 19.8 Å². The van der Waals surface area contributed by atoms with Crippen molar-refractivity contribution in [3.05, 3.63) is 39.9 Å². The maximum Gasteiger partial charge on any atom is 0.341 e. The van der Waals surface area contributed by atoms with Crippen LogP contribution in [0, 0.1) is 5.82 Å². The number of pyridine rings is 1. The maximum atomic E-state index is 14.8. The minimum absolute atomic E-state index is 0. The van der Waals surface area contributed by atoms with Gasteiger partial charge in [-0.15, -0.1) is 0 Å². The number of nitrogens with zero attached hydrogens (tertiary/aromatic N) is 2. The van der Waals surface area contributed by atoms with E-state index in [0.29, 0.717) is 30.3 Å². The number of halogens is 1. The van der Waals surface area contributed by atoms with Crippen LogP contribution in [0.3, 0.4) is 0 Å². The van der Waals surface area contributed by atoms with Crippen LogP contribution in [-0.2, 0) is 0 Å². The van der Waals surface area contributed by atoms with Crippen molar-refractivity contribution in [1.29, 1.82) is 0 Å². The van der Waals surface area contributed by atoms with Crippen molar-refractivity contribution in [3.8, 4) is 0 Å². The molecule has 0 radical (unpaired) electrons. The fourth-order valence-electron chi connectivity index (χ4n) is 3.73. The van der Waals surface area contributed by atoms with Crippen LogP contribution in [0.5, 0.6) is 0 Å². The monoisotopic (exact) mass is 377 g/mol. The molecular weight excluding hydrogens is 353 g/mol. The Bertz CT molecular complexity index is 939. The Balaban J connectivity index is 0.00000210. The molecule has 1 aromatic carbocycles.